The van der Waals surface area contributed by atoms with Crippen LogP contribution >= 0.6 is 11.6 Å². The number of aromatic nitrogens is 1. The lowest BCUT2D eigenvalue weighted by molar-refractivity contribution is 0.0950. The van der Waals surface area contributed by atoms with Crippen molar-refractivity contribution < 1.29 is 9.53 Å². The molecule has 0 spiro atoms. The van der Waals surface area contributed by atoms with Crippen LogP contribution in [0.4, 0.5) is 0 Å². The van der Waals surface area contributed by atoms with Crippen molar-refractivity contribution in [3.05, 3.63) is 23.0 Å². The van der Waals surface area contributed by atoms with E-state index in [0.29, 0.717) is 5.75 Å². The van der Waals surface area contributed by atoms with Gasteiger partial charge in [0.15, 0.2) is 0 Å². The number of carbonyl (C=O) groups excluding carboxylic acids is 1. The molecular weight excluding hydrogens is 194 g/mol. The van der Waals surface area contributed by atoms with E-state index in [9.17, 15) is 4.79 Å². The first kappa shape index (κ1) is 9.76. The summed E-state index contributed by atoms with van der Waals surface area (Å²) >= 11 is 5.59. The predicted molar refractivity (Wildman–Crippen MR) is 47.5 cm³/mol. The molecule has 0 aliphatic heterocycles. The topological polar surface area (TPSA) is 77.2 Å². The number of hydrogen-bond donors (Lipinski definition) is 2. The summed E-state index contributed by atoms with van der Waals surface area (Å²) in [6, 6.07) is 1.44. The van der Waals surface area contributed by atoms with Gasteiger partial charge < -0.3 is 4.74 Å². The summed E-state index contributed by atoms with van der Waals surface area (Å²) < 4.78 is 4.91. The molecule has 1 amide bonds. The van der Waals surface area contributed by atoms with Crippen molar-refractivity contribution in [3.8, 4) is 5.75 Å². The highest BCUT2D eigenvalue weighted by Crippen LogP contribution is 2.20. The lowest BCUT2D eigenvalue weighted by atomic mass is 10.2. The quantitative estimate of drug-likeness (QED) is 0.313. The molecule has 0 saturated heterocycles. The molecule has 0 aliphatic carbocycles. The van der Waals surface area contributed by atoms with Crippen LogP contribution in [0.2, 0.25) is 5.15 Å². The number of carbonyl (C=O) groups is 1. The van der Waals surface area contributed by atoms with E-state index >= 15 is 0 Å². The SMILES string of the molecule is COc1cc(Cl)ncc1C(=O)NN. The second-order valence-corrected chi connectivity index (χ2v) is 2.57. The Kier molecular flexibility index (Phi) is 3.05. The molecule has 0 radical (unpaired) electrons. The standard InChI is InChI=1S/C7H8ClN3O2/c1-13-5-2-6(8)10-3-4(5)7(12)11-9/h2-3H,9H2,1H3,(H,11,12). The van der Waals surface area contributed by atoms with Crippen LogP contribution in [-0.2, 0) is 0 Å². The minimum absolute atomic E-state index is 0.245. The van der Waals surface area contributed by atoms with Gasteiger partial charge >= 0.3 is 0 Å². The van der Waals surface area contributed by atoms with Crippen LogP contribution in [0.3, 0.4) is 0 Å². The highest BCUT2D eigenvalue weighted by molar-refractivity contribution is 6.29. The minimum Gasteiger partial charge on any atom is -0.496 e. The largest absolute Gasteiger partial charge is 0.496 e. The number of nitrogens with two attached hydrogens (primary N) is 1. The van der Waals surface area contributed by atoms with Crippen LogP contribution < -0.4 is 16.0 Å². The first-order chi connectivity index (χ1) is 6.19. The first-order valence-corrected chi connectivity index (χ1v) is 3.77. The van der Waals surface area contributed by atoms with Gasteiger partial charge in [-0.05, 0) is 0 Å². The van der Waals surface area contributed by atoms with Crippen LogP contribution in [0, 0.1) is 0 Å². The van der Waals surface area contributed by atoms with Crippen LogP contribution in [-0.4, -0.2) is 18.0 Å². The summed E-state index contributed by atoms with van der Waals surface area (Å²) in [4.78, 5) is 14.8. The van der Waals surface area contributed by atoms with Crippen LogP contribution in [0.25, 0.3) is 0 Å². The van der Waals surface area contributed by atoms with E-state index in [0.717, 1.165) is 0 Å². The van der Waals surface area contributed by atoms with Gasteiger partial charge in [0, 0.05) is 12.3 Å². The molecule has 1 heterocycles. The van der Waals surface area contributed by atoms with Crippen molar-refractivity contribution in [1.82, 2.24) is 10.4 Å². The third kappa shape index (κ3) is 2.07. The molecule has 0 aliphatic rings. The number of hydrogen-bond acceptors (Lipinski definition) is 4. The first-order valence-electron chi connectivity index (χ1n) is 3.39. The summed E-state index contributed by atoms with van der Waals surface area (Å²) in [6.45, 7) is 0. The van der Waals surface area contributed by atoms with E-state index in [1.807, 2.05) is 5.43 Å². The molecule has 5 nitrogen and oxygen atoms in total. The Morgan fingerprint density at radius 3 is 3.00 bits per heavy atom. The molecule has 1 aromatic rings. The van der Waals surface area contributed by atoms with E-state index in [4.69, 9.17) is 22.2 Å². The van der Waals surface area contributed by atoms with Crippen molar-refractivity contribution in [3.63, 3.8) is 0 Å². The monoisotopic (exact) mass is 201 g/mol. The number of amides is 1. The highest BCUT2D eigenvalue weighted by Gasteiger charge is 2.11. The number of nitrogens with zero attached hydrogens (tertiary/aromatic N) is 1. The number of pyridine rings is 1. The molecule has 3 N–H and O–H groups in total. The van der Waals surface area contributed by atoms with Crippen LogP contribution in [0.1, 0.15) is 10.4 Å². The molecule has 1 rings (SSSR count). The Labute approximate surface area is 79.8 Å². The molecule has 1 aromatic heterocycles. The maximum atomic E-state index is 11.1. The summed E-state index contributed by atoms with van der Waals surface area (Å²) in [7, 11) is 1.43. The maximum Gasteiger partial charge on any atom is 0.270 e. The van der Waals surface area contributed by atoms with Gasteiger partial charge in [0.2, 0.25) is 0 Å². The Balaban J connectivity index is 3.13. The van der Waals surface area contributed by atoms with Gasteiger partial charge in [-0.1, -0.05) is 11.6 Å². The fraction of sp³-hybridized carbons (Fsp3) is 0.143. The second kappa shape index (κ2) is 4.06. The van der Waals surface area contributed by atoms with Gasteiger partial charge in [-0.15, -0.1) is 0 Å². The lowest BCUT2D eigenvalue weighted by Crippen LogP contribution is -2.30. The van der Waals surface area contributed by atoms with Crippen LogP contribution in [0.15, 0.2) is 12.3 Å². The Morgan fingerprint density at radius 2 is 2.46 bits per heavy atom. The zero-order valence-electron chi connectivity index (χ0n) is 6.87. The number of nitrogen functional groups attached to an aromatic ring is 1. The van der Waals surface area contributed by atoms with E-state index in [1.165, 1.54) is 19.4 Å². The Morgan fingerprint density at radius 1 is 1.77 bits per heavy atom. The third-order valence-corrected chi connectivity index (χ3v) is 1.63. The Bertz CT molecular complexity index is 330. The van der Waals surface area contributed by atoms with Gasteiger partial charge in [0.1, 0.15) is 16.5 Å². The minimum atomic E-state index is -0.471. The van der Waals surface area contributed by atoms with E-state index in [-0.39, 0.29) is 10.7 Å². The van der Waals surface area contributed by atoms with E-state index in [2.05, 4.69) is 4.98 Å². The van der Waals surface area contributed by atoms with Crippen LogP contribution in [0.5, 0.6) is 5.75 Å². The van der Waals surface area contributed by atoms with Crippen molar-refractivity contribution in [2.24, 2.45) is 5.84 Å². The fourth-order valence-electron chi connectivity index (χ4n) is 0.830. The maximum absolute atomic E-state index is 11.1. The number of halogens is 1. The number of nitrogens with one attached hydrogen (secondary N) is 1. The molecule has 0 atom stereocenters. The smallest absolute Gasteiger partial charge is 0.270 e. The molecule has 0 unspecified atom stereocenters. The van der Waals surface area contributed by atoms with Crippen molar-refractivity contribution in [2.45, 2.75) is 0 Å². The second-order valence-electron chi connectivity index (χ2n) is 2.18. The average Bonchev–Trinajstić information content (AvgIpc) is 2.16. The lowest BCUT2D eigenvalue weighted by Gasteiger charge is -2.05. The summed E-state index contributed by atoms with van der Waals surface area (Å²) in [5.74, 6) is 4.81. The Hall–Kier alpha value is -1.33. The highest BCUT2D eigenvalue weighted by atomic mass is 35.5. The fourth-order valence-corrected chi connectivity index (χ4v) is 0.978. The summed E-state index contributed by atoms with van der Waals surface area (Å²) in [6.07, 6.45) is 1.30. The molecule has 0 fully saturated rings. The van der Waals surface area contributed by atoms with Gasteiger partial charge in [0.25, 0.3) is 5.91 Å². The van der Waals surface area contributed by atoms with Crippen molar-refractivity contribution in [1.29, 1.82) is 0 Å². The van der Waals surface area contributed by atoms with Gasteiger partial charge in [-0.25, -0.2) is 10.8 Å². The molecule has 6 heteroatoms. The number of methoxy groups -OCH3 is 1. The summed E-state index contributed by atoms with van der Waals surface area (Å²) in [5.41, 5.74) is 2.22. The van der Waals surface area contributed by atoms with Gasteiger partial charge in [-0.2, -0.15) is 0 Å². The molecule has 13 heavy (non-hydrogen) atoms. The zero-order valence-corrected chi connectivity index (χ0v) is 7.63. The average molecular weight is 202 g/mol. The summed E-state index contributed by atoms with van der Waals surface area (Å²) in [5, 5.41) is 0.255. The normalized spacial score (nSPS) is 9.46. The number of ether oxygens (including phenoxy) is 1. The zero-order chi connectivity index (χ0) is 9.84. The number of rotatable bonds is 2. The van der Waals surface area contributed by atoms with Crippen molar-refractivity contribution in [2.75, 3.05) is 7.11 Å². The molecule has 0 bridgehead atoms. The predicted octanol–water partition coefficient (Wildman–Crippen LogP) is 0.347. The molecular formula is C7H8ClN3O2. The molecule has 70 valence electrons. The van der Waals surface area contributed by atoms with E-state index < -0.39 is 5.91 Å². The van der Waals surface area contributed by atoms with Crippen molar-refractivity contribution >= 4 is 17.5 Å². The van der Waals surface area contributed by atoms with E-state index in [1.54, 1.807) is 0 Å². The van der Waals surface area contributed by atoms with Gasteiger partial charge in [-0.3, -0.25) is 10.2 Å². The van der Waals surface area contributed by atoms with Gasteiger partial charge in [0.05, 0.1) is 7.11 Å². The molecule has 0 saturated carbocycles. The number of hydrazine groups is 1. The third-order valence-electron chi connectivity index (χ3n) is 1.43. The molecule has 0 aromatic carbocycles.